The zero-order chi connectivity index (χ0) is 16.7. The van der Waals surface area contributed by atoms with Crippen LogP contribution in [0.5, 0.6) is 0 Å². The Hall–Kier alpha value is -1.88. The second-order valence-corrected chi connectivity index (χ2v) is 6.05. The quantitative estimate of drug-likeness (QED) is 0.772. The molecule has 0 spiro atoms. The fraction of sp³-hybridized carbons (Fsp3) is 0.556. The molecule has 1 saturated heterocycles. The average molecular weight is 319 g/mol. The highest BCUT2D eigenvalue weighted by Gasteiger charge is 2.35. The second-order valence-electron chi connectivity index (χ2n) is 6.05. The summed E-state index contributed by atoms with van der Waals surface area (Å²) in [4.78, 5) is 23.2. The average Bonchev–Trinajstić information content (AvgIpc) is 3.04. The van der Waals surface area contributed by atoms with Crippen LogP contribution in [0.2, 0.25) is 0 Å². The molecule has 1 unspecified atom stereocenters. The molecule has 126 valence electrons. The molecule has 1 aromatic rings. The minimum Gasteiger partial charge on any atom is -0.479 e. The van der Waals surface area contributed by atoms with Crippen molar-refractivity contribution in [1.82, 2.24) is 5.32 Å². The third-order valence-electron chi connectivity index (χ3n) is 4.20. The van der Waals surface area contributed by atoms with Gasteiger partial charge in [-0.1, -0.05) is 43.7 Å². The third-order valence-corrected chi connectivity index (χ3v) is 4.20. The highest BCUT2D eigenvalue weighted by atomic mass is 16.5. The van der Waals surface area contributed by atoms with Crippen LogP contribution in [0.25, 0.3) is 0 Å². The summed E-state index contributed by atoms with van der Waals surface area (Å²) in [6.07, 6.45) is 3.08. The minimum atomic E-state index is -0.991. The van der Waals surface area contributed by atoms with E-state index in [9.17, 15) is 9.59 Å². The first-order chi connectivity index (χ1) is 11.1. The molecule has 5 nitrogen and oxygen atoms in total. The van der Waals surface area contributed by atoms with Crippen molar-refractivity contribution < 1.29 is 19.4 Å². The largest absolute Gasteiger partial charge is 0.479 e. The fourth-order valence-electron chi connectivity index (χ4n) is 2.93. The van der Waals surface area contributed by atoms with Gasteiger partial charge in [-0.3, -0.25) is 4.79 Å². The van der Waals surface area contributed by atoms with Crippen molar-refractivity contribution in [2.24, 2.45) is 0 Å². The van der Waals surface area contributed by atoms with E-state index in [0.29, 0.717) is 12.8 Å². The smallest absolute Gasteiger partial charge is 0.332 e. The van der Waals surface area contributed by atoms with E-state index in [1.807, 2.05) is 18.2 Å². The van der Waals surface area contributed by atoms with Gasteiger partial charge >= 0.3 is 5.97 Å². The molecule has 0 saturated carbocycles. The van der Waals surface area contributed by atoms with E-state index in [1.165, 1.54) is 5.56 Å². The number of aliphatic carboxylic acids is 1. The summed E-state index contributed by atoms with van der Waals surface area (Å²) in [6, 6.07) is 10.3. The highest BCUT2D eigenvalue weighted by Crippen LogP contribution is 2.20. The van der Waals surface area contributed by atoms with Crippen LogP contribution in [0.4, 0.5) is 0 Å². The number of carbonyl (C=O) groups is 2. The number of rotatable bonds is 8. The Bertz CT molecular complexity index is 517. The standard InChI is InChI=1S/C18H25NO4/c1-2-6-14(10-9-13-7-4-3-5-8-13)19-17(20)15-11-12-16(23-15)18(21)22/h3-5,7-8,14-16H,2,6,9-12H2,1H3,(H,19,20)(H,21,22)/t14?,15-,16+/m0/s1. The lowest BCUT2D eigenvalue weighted by Gasteiger charge is -2.20. The number of carboxylic acids is 1. The van der Waals surface area contributed by atoms with Gasteiger partial charge in [0.05, 0.1) is 0 Å². The van der Waals surface area contributed by atoms with Crippen molar-refractivity contribution in [1.29, 1.82) is 0 Å². The molecular weight excluding hydrogens is 294 g/mol. The molecule has 5 heteroatoms. The predicted molar refractivity (Wildman–Crippen MR) is 87.1 cm³/mol. The van der Waals surface area contributed by atoms with Gasteiger partial charge in [0.15, 0.2) is 6.10 Å². The van der Waals surface area contributed by atoms with E-state index >= 15 is 0 Å². The molecule has 2 N–H and O–H groups in total. The van der Waals surface area contributed by atoms with Crippen molar-refractivity contribution in [2.75, 3.05) is 0 Å². The Balaban J connectivity index is 1.83. The summed E-state index contributed by atoms with van der Waals surface area (Å²) in [7, 11) is 0. The van der Waals surface area contributed by atoms with Crippen molar-refractivity contribution in [2.45, 2.75) is 63.7 Å². The molecule has 1 heterocycles. The molecule has 1 aromatic carbocycles. The SMILES string of the molecule is CCCC(CCc1ccccc1)NC(=O)[C@@H]1CC[C@H](C(=O)O)O1. The van der Waals surface area contributed by atoms with Crippen molar-refractivity contribution in [3.05, 3.63) is 35.9 Å². The van der Waals surface area contributed by atoms with Gasteiger partial charge in [-0.2, -0.15) is 0 Å². The van der Waals surface area contributed by atoms with E-state index < -0.39 is 18.2 Å². The Morgan fingerprint density at radius 1 is 1.22 bits per heavy atom. The van der Waals surface area contributed by atoms with Gasteiger partial charge in [0.2, 0.25) is 5.91 Å². The van der Waals surface area contributed by atoms with E-state index in [2.05, 4.69) is 24.4 Å². The zero-order valence-corrected chi connectivity index (χ0v) is 13.5. The molecule has 1 aliphatic heterocycles. The topological polar surface area (TPSA) is 75.6 Å². The van der Waals surface area contributed by atoms with Gasteiger partial charge in [-0.15, -0.1) is 0 Å². The summed E-state index contributed by atoms with van der Waals surface area (Å²) < 4.78 is 5.31. The lowest BCUT2D eigenvalue weighted by Crippen LogP contribution is -2.42. The van der Waals surface area contributed by atoms with Gasteiger partial charge in [-0.25, -0.2) is 4.79 Å². The number of aryl methyl sites for hydroxylation is 1. The molecule has 1 aliphatic rings. The molecule has 3 atom stereocenters. The molecule has 0 radical (unpaired) electrons. The number of carboxylic acid groups (broad SMARTS) is 1. The van der Waals surface area contributed by atoms with Crippen LogP contribution in [-0.4, -0.2) is 35.2 Å². The summed E-state index contributed by atoms with van der Waals surface area (Å²) in [5, 5.41) is 12.0. The maximum atomic E-state index is 12.3. The highest BCUT2D eigenvalue weighted by molar-refractivity contribution is 5.82. The molecular formula is C18H25NO4. The first kappa shape index (κ1) is 17.5. The summed E-state index contributed by atoms with van der Waals surface area (Å²) in [5.41, 5.74) is 1.26. The van der Waals surface area contributed by atoms with Crippen molar-refractivity contribution in [3.63, 3.8) is 0 Å². The molecule has 0 aromatic heterocycles. The monoisotopic (exact) mass is 319 g/mol. The van der Waals surface area contributed by atoms with E-state index in [-0.39, 0.29) is 11.9 Å². The predicted octanol–water partition coefficient (Wildman–Crippen LogP) is 2.54. The lowest BCUT2D eigenvalue weighted by molar-refractivity contribution is -0.151. The molecule has 1 amide bonds. The van der Waals surface area contributed by atoms with Gasteiger partial charge < -0.3 is 15.2 Å². The molecule has 1 fully saturated rings. The van der Waals surface area contributed by atoms with Crippen LogP contribution >= 0.6 is 0 Å². The summed E-state index contributed by atoms with van der Waals surface area (Å²) in [5.74, 6) is -1.17. The summed E-state index contributed by atoms with van der Waals surface area (Å²) in [6.45, 7) is 2.09. The Kier molecular flexibility index (Phi) is 6.59. The number of amides is 1. The van der Waals surface area contributed by atoms with Gasteiger partial charge in [0.1, 0.15) is 6.10 Å². The maximum Gasteiger partial charge on any atom is 0.332 e. The Morgan fingerprint density at radius 2 is 1.91 bits per heavy atom. The maximum absolute atomic E-state index is 12.3. The normalized spacial score (nSPS) is 21.8. The van der Waals surface area contributed by atoms with Crippen molar-refractivity contribution >= 4 is 11.9 Å². The van der Waals surface area contributed by atoms with Crippen LogP contribution in [0.1, 0.15) is 44.6 Å². The molecule has 0 aliphatic carbocycles. The zero-order valence-electron chi connectivity index (χ0n) is 13.5. The van der Waals surface area contributed by atoms with Gasteiger partial charge in [0.25, 0.3) is 0 Å². The van der Waals surface area contributed by atoms with Crippen molar-refractivity contribution in [3.8, 4) is 0 Å². The Morgan fingerprint density at radius 3 is 2.52 bits per heavy atom. The number of hydrogen-bond donors (Lipinski definition) is 2. The van der Waals surface area contributed by atoms with Crippen LogP contribution in [0.15, 0.2) is 30.3 Å². The third kappa shape index (κ3) is 5.36. The molecule has 2 rings (SSSR count). The number of nitrogens with one attached hydrogen (secondary N) is 1. The van der Waals surface area contributed by atoms with E-state index in [0.717, 1.165) is 25.7 Å². The van der Waals surface area contributed by atoms with Crippen LogP contribution < -0.4 is 5.32 Å². The summed E-state index contributed by atoms with van der Waals surface area (Å²) >= 11 is 0. The number of hydrogen-bond acceptors (Lipinski definition) is 3. The minimum absolute atomic E-state index is 0.0974. The van der Waals surface area contributed by atoms with Gasteiger partial charge in [-0.05, 0) is 37.7 Å². The van der Waals surface area contributed by atoms with Crippen LogP contribution in [0.3, 0.4) is 0 Å². The van der Waals surface area contributed by atoms with Crippen LogP contribution in [0, 0.1) is 0 Å². The molecule has 23 heavy (non-hydrogen) atoms. The van der Waals surface area contributed by atoms with E-state index in [1.54, 1.807) is 0 Å². The lowest BCUT2D eigenvalue weighted by atomic mass is 10.0. The first-order valence-electron chi connectivity index (χ1n) is 8.32. The fourth-order valence-corrected chi connectivity index (χ4v) is 2.93. The number of ether oxygens (including phenoxy) is 1. The van der Waals surface area contributed by atoms with Gasteiger partial charge in [0, 0.05) is 6.04 Å². The van der Waals surface area contributed by atoms with Crippen LogP contribution in [-0.2, 0) is 20.7 Å². The van der Waals surface area contributed by atoms with E-state index in [4.69, 9.17) is 9.84 Å². The number of benzene rings is 1. The Labute approximate surface area is 137 Å². The number of carbonyl (C=O) groups excluding carboxylic acids is 1. The first-order valence-corrected chi connectivity index (χ1v) is 8.32. The molecule has 0 bridgehead atoms. The second kappa shape index (κ2) is 8.67.